The third-order valence-corrected chi connectivity index (χ3v) is 11.8. The van der Waals surface area contributed by atoms with Crippen LogP contribution in [0.5, 0.6) is 0 Å². The van der Waals surface area contributed by atoms with Gasteiger partial charge in [-0.05, 0) is 84.0 Å². The minimum atomic E-state index is 0. The number of hydrogen-bond donors (Lipinski definition) is 0. The van der Waals surface area contributed by atoms with Crippen LogP contribution in [0.2, 0.25) is 0 Å². The van der Waals surface area contributed by atoms with E-state index in [4.69, 9.17) is 8.83 Å². The summed E-state index contributed by atoms with van der Waals surface area (Å²) in [5.41, 5.74) is 16.9. The summed E-state index contributed by atoms with van der Waals surface area (Å²) < 4.78 is 12.4. The minimum absolute atomic E-state index is 0. The Kier molecular flexibility index (Phi) is 17.2. The Morgan fingerprint density at radius 1 is 0.356 bits per heavy atom. The molecule has 13 rings (SSSR count). The normalized spacial score (nSPS) is 10.5. The van der Waals surface area contributed by atoms with E-state index < -0.39 is 0 Å². The van der Waals surface area contributed by atoms with Crippen molar-refractivity contribution in [1.29, 1.82) is 0 Å². The van der Waals surface area contributed by atoms with Gasteiger partial charge in [0.05, 0.1) is 11.2 Å². The van der Waals surface area contributed by atoms with E-state index in [2.05, 4.69) is 118 Å². The Balaban J connectivity index is 0.000000134. The van der Waals surface area contributed by atoms with Crippen molar-refractivity contribution in [3.8, 4) is 56.2 Å². The number of benzene rings is 7. The molecule has 0 atom stereocenters. The maximum Gasteiger partial charge on any atom is 0.128 e. The molecule has 0 amide bonds. The van der Waals surface area contributed by atoms with Crippen molar-refractivity contribution in [3.05, 3.63) is 266 Å². The zero-order valence-corrected chi connectivity index (χ0v) is 44.9. The smallest absolute Gasteiger partial charge is 0.128 e. The Hall–Kier alpha value is -7.96. The van der Waals surface area contributed by atoms with Crippen LogP contribution in [0.4, 0.5) is 0 Å². The third kappa shape index (κ3) is 12.0. The fourth-order valence-electron chi connectivity index (χ4n) is 8.22. The van der Waals surface area contributed by atoms with Gasteiger partial charge in [0.15, 0.2) is 0 Å². The zero-order chi connectivity index (χ0) is 48.4. The molecule has 6 heterocycles. The van der Waals surface area contributed by atoms with Gasteiger partial charge in [-0.3, -0.25) is 0 Å². The molecule has 6 aromatic heterocycles. The van der Waals surface area contributed by atoms with Crippen LogP contribution in [-0.2, 0) is 40.2 Å². The third-order valence-electron chi connectivity index (χ3n) is 11.8. The first-order chi connectivity index (χ1) is 35.0. The topological polar surface area (TPSA) is 77.8 Å². The molecule has 6 nitrogen and oxygen atoms in total. The van der Waals surface area contributed by atoms with Gasteiger partial charge in [-0.25, -0.2) is 0 Å². The van der Waals surface area contributed by atoms with Gasteiger partial charge < -0.3 is 28.8 Å². The molecule has 73 heavy (non-hydrogen) atoms. The monoisotopic (exact) mass is 1300 g/mol. The van der Waals surface area contributed by atoms with E-state index in [9.17, 15) is 0 Å². The van der Waals surface area contributed by atoms with Crippen molar-refractivity contribution in [3.63, 3.8) is 0 Å². The number of hydrogen-bond acceptors (Lipinski definition) is 6. The van der Waals surface area contributed by atoms with Crippen LogP contribution in [0.15, 0.2) is 234 Å². The van der Waals surface area contributed by atoms with E-state index in [0.29, 0.717) is 0 Å². The number of aromatic nitrogens is 4. The van der Waals surface area contributed by atoms with Gasteiger partial charge >= 0.3 is 0 Å². The molecule has 0 aliphatic heterocycles. The Morgan fingerprint density at radius 2 is 0.877 bits per heavy atom. The van der Waals surface area contributed by atoms with Gasteiger partial charge in [0.1, 0.15) is 11.2 Å². The van der Waals surface area contributed by atoms with Gasteiger partial charge in [0, 0.05) is 81.3 Å². The fourth-order valence-corrected chi connectivity index (χ4v) is 8.22. The first kappa shape index (κ1) is 51.4. The average molecular weight is 1300 g/mol. The van der Waals surface area contributed by atoms with Crippen LogP contribution in [0.3, 0.4) is 0 Å². The van der Waals surface area contributed by atoms with E-state index in [0.717, 1.165) is 100 Å². The molecule has 0 aliphatic rings. The van der Waals surface area contributed by atoms with Crippen molar-refractivity contribution in [1.82, 2.24) is 19.9 Å². The standard InChI is InChI=1S/C23H14NO.C18H12NO.2C12H10N.2Ir/c1-2-8-16(9-3-1)17-10-6-11-18-19-12-7-13-20(23(19)25-22(17)18)21-14-4-5-15-24-21;1-12-8-9-13-14-5-4-6-15(16-7-2-3-10-19-16)18(14)20-17(13)11-12;2*1-10-7-8-12(13-9-10)11-5-3-2-4-6-11;;/h1-12,14-15H;2-5,7-11H,1H3;2*2-5,7-9H,1H3;;/q4*-1;;. The Morgan fingerprint density at radius 3 is 1.40 bits per heavy atom. The molecule has 360 valence electrons. The molecular weight excluding hydrogens is 1250 g/mol. The second-order valence-electron chi connectivity index (χ2n) is 16.9. The number of para-hydroxylation sites is 1. The van der Waals surface area contributed by atoms with Gasteiger partial charge in [0.2, 0.25) is 0 Å². The summed E-state index contributed by atoms with van der Waals surface area (Å²) in [5.74, 6) is 0. The second kappa shape index (κ2) is 24.4. The molecule has 13 aromatic rings. The maximum atomic E-state index is 6.35. The van der Waals surface area contributed by atoms with E-state index in [1.54, 1.807) is 12.4 Å². The number of aryl methyl sites for hydroxylation is 3. The number of nitrogens with zero attached hydrogens (tertiary/aromatic N) is 4. The molecule has 0 unspecified atom stereocenters. The van der Waals surface area contributed by atoms with Crippen molar-refractivity contribution in [2.45, 2.75) is 20.8 Å². The Bertz CT molecular complexity index is 3640. The average Bonchev–Trinajstić information content (AvgIpc) is 4.02. The maximum absolute atomic E-state index is 6.35. The van der Waals surface area contributed by atoms with Crippen molar-refractivity contribution >= 4 is 43.9 Å². The van der Waals surface area contributed by atoms with E-state index >= 15 is 0 Å². The van der Waals surface area contributed by atoms with E-state index in [1.807, 2.05) is 160 Å². The molecule has 8 heteroatoms. The SMILES string of the molecule is Cc1ccc(-c2[c-]cccc2)nc1.Cc1ccc(-c2[c-]cccc2)nc1.Cc1ccc2c(c1)oc1c(-c3ccccn3)[c-]ccc12.[Ir].[Ir].[c-]1ccc2c(oc3c(-c4ccccc4)cccc32)c1-c1ccccn1. The van der Waals surface area contributed by atoms with Crippen molar-refractivity contribution < 1.29 is 49.0 Å². The van der Waals surface area contributed by atoms with Crippen LogP contribution < -0.4 is 0 Å². The quantitative estimate of drug-likeness (QED) is 0.160. The van der Waals surface area contributed by atoms with Crippen LogP contribution in [-0.4, -0.2) is 19.9 Å². The molecule has 0 bridgehead atoms. The molecule has 0 fully saturated rings. The molecule has 0 N–H and O–H groups in total. The van der Waals surface area contributed by atoms with Crippen LogP contribution in [0, 0.1) is 45.0 Å². The summed E-state index contributed by atoms with van der Waals surface area (Å²) in [4.78, 5) is 17.5. The number of fused-ring (bicyclic) bond motifs is 6. The predicted molar refractivity (Wildman–Crippen MR) is 288 cm³/mol. The predicted octanol–water partition coefficient (Wildman–Crippen LogP) is 16.6. The number of furan rings is 2. The summed E-state index contributed by atoms with van der Waals surface area (Å²) in [6.45, 7) is 6.13. The van der Waals surface area contributed by atoms with Gasteiger partial charge in [-0.2, -0.15) is 0 Å². The number of rotatable bonds is 5. The molecular formula is C65H46Ir2N4O2-4. The first-order valence-corrected chi connectivity index (χ1v) is 23.3. The molecule has 0 saturated carbocycles. The van der Waals surface area contributed by atoms with Crippen LogP contribution >= 0.6 is 0 Å². The number of pyridine rings is 4. The largest absolute Gasteiger partial charge is 0.501 e. The van der Waals surface area contributed by atoms with Gasteiger partial charge in [-0.1, -0.05) is 131 Å². The van der Waals surface area contributed by atoms with Crippen LogP contribution in [0.25, 0.3) is 100 Å². The molecule has 0 saturated heterocycles. The summed E-state index contributed by atoms with van der Waals surface area (Å²) in [5, 5.41) is 4.45. The Labute approximate surface area is 452 Å². The van der Waals surface area contributed by atoms with E-state index in [-0.39, 0.29) is 40.2 Å². The van der Waals surface area contributed by atoms with E-state index in [1.165, 1.54) is 16.7 Å². The van der Waals surface area contributed by atoms with Crippen LogP contribution in [0.1, 0.15) is 16.7 Å². The van der Waals surface area contributed by atoms with Crippen molar-refractivity contribution in [2.75, 3.05) is 0 Å². The summed E-state index contributed by atoms with van der Waals surface area (Å²) >= 11 is 0. The molecule has 2 radical (unpaired) electrons. The fraction of sp³-hybridized carbons (Fsp3) is 0.0462. The zero-order valence-electron chi connectivity index (χ0n) is 40.1. The summed E-state index contributed by atoms with van der Waals surface area (Å²) in [6, 6.07) is 79.3. The molecule has 0 spiro atoms. The van der Waals surface area contributed by atoms with Gasteiger partial charge in [0.25, 0.3) is 0 Å². The first-order valence-electron chi connectivity index (χ1n) is 23.3. The van der Waals surface area contributed by atoms with Gasteiger partial charge in [-0.15, -0.1) is 108 Å². The molecule has 7 aromatic carbocycles. The molecule has 0 aliphatic carbocycles. The van der Waals surface area contributed by atoms with Crippen molar-refractivity contribution in [2.24, 2.45) is 0 Å². The summed E-state index contributed by atoms with van der Waals surface area (Å²) in [7, 11) is 0. The summed E-state index contributed by atoms with van der Waals surface area (Å²) in [6.07, 6.45) is 7.32. The minimum Gasteiger partial charge on any atom is -0.501 e. The second-order valence-corrected chi connectivity index (χ2v) is 16.9.